The van der Waals surface area contributed by atoms with Gasteiger partial charge < -0.3 is 5.32 Å². The van der Waals surface area contributed by atoms with Crippen molar-refractivity contribution in [1.29, 1.82) is 0 Å². The Morgan fingerprint density at radius 1 is 1.14 bits per heavy atom. The lowest BCUT2D eigenvalue weighted by Gasteiger charge is -2.47. The van der Waals surface area contributed by atoms with E-state index >= 15 is 0 Å². The Kier molecular flexibility index (Phi) is 1.88. The summed E-state index contributed by atoms with van der Waals surface area (Å²) in [6.45, 7) is 2.47. The van der Waals surface area contributed by atoms with Crippen LogP contribution in [0, 0.1) is 5.41 Å². The smallest absolute Gasteiger partial charge is 0.00142 e. The topological polar surface area (TPSA) is 12.0 Å². The monoisotopic (exact) mass is 187 g/mol. The highest BCUT2D eigenvalue weighted by Gasteiger charge is 2.48. The van der Waals surface area contributed by atoms with Crippen molar-refractivity contribution in [2.24, 2.45) is 5.41 Å². The third kappa shape index (κ3) is 1.12. The van der Waals surface area contributed by atoms with Crippen LogP contribution >= 0.6 is 0 Å². The van der Waals surface area contributed by atoms with Crippen LogP contribution in [0.1, 0.15) is 30.7 Å². The van der Waals surface area contributed by atoms with Gasteiger partial charge in [0.2, 0.25) is 0 Å². The molecule has 1 saturated carbocycles. The Morgan fingerprint density at radius 2 is 2.00 bits per heavy atom. The van der Waals surface area contributed by atoms with Crippen molar-refractivity contribution in [1.82, 2.24) is 5.32 Å². The van der Waals surface area contributed by atoms with E-state index in [2.05, 4.69) is 35.6 Å². The maximum atomic E-state index is 3.51. The van der Waals surface area contributed by atoms with Gasteiger partial charge in [-0.05, 0) is 42.7 Å². The molecular formula is C13H17N. The van der Waals surface area contributed by atoms with Crippen molar-refractivity contribution in [2.45, 2.75) is 25.2 Å². The third-order valence-corrected chi connectivity index (χ3v) is 4.15. The molecule has 0 aromatic heterocycles. The molecule has 2 unspecified atom stereocenters. The normalized spacial score (nSPS) is 35.9. The summed E-state index contributed by atoms with van der Waals surface area (Å²) in [5.41, 5.74) is 2.18. The van der Waals surface area contributed by atoms with Gasteiger partial charge in [-0.1, -0.05) is 30.3 Å². The second-order valence-electron chi connectivity index (χ2n) is 4.79. The van der Waals surface area contributed by atoms with E-state index < -0.39 is 0 Å². The molecule has 0 radical (unpaired) electrons. The highest BCUT2D eigenvalue weighted by Crippen LogP contribution is 2.56. The zero-order valence-electron chi connectivity index (χ0n) is 8.50. The van der Waals surface area contributed by atoms with Crippen LogP contribution in [0.3, 0.4) is 0 Å². The Morgan fingerprint density at radius 3 is 2.57 bits per heavy atom. The van der Waals surface area contributed by atoms with Gasteiger partial charge in [-0.15, -0.1) is 0 Å². The van der Waals surface area contributed by atoms with Crippen molar-refractivity contribution >= 4 is 0 Å². The molecule has 2 atom stereocenters. The maximum absolute atomic E-state index is 3.51. The van der Waals surface area contributed by atoms with Gasteiger partial charge in [0.1, 0.15) is 0 Å². The van der Waals surface area contributed by atoms with Gasteiger partial charge in [0.25, 0.3) is 0 Å². The summed E-state index contributed by atoms with van der Waals surface area (Å²) in [6.07, 6.45) is 4.21. The van der Waals surface area contributed by atoms with Crippen LogP contribution in [0.25, 0.3) is 0 Å². The van der Waals surface area contributed by atoms with Gasteiger partial charge >= 0.3 is 0 Å². The average Bonchev–Trinajstić information content (AvgIpc) is 2.68. The minimum atomic E-state index is 0.626. The molecule has 1 N–H and O–H groups in total. The van der Waals surface area contributed by atoms with E-state index in [1.807, 2.05) is 0 Å². The summed E-state index contributed by atoms with van der Waals surface area (Å²) in [6, 6.07) is 11.0. The standard InChI is InChI=1S/C13H17N/c1-2-4-11(5-3-1)12-6-7-13(12)8-9-14-10-13/h1-5,12,14H,6-10H2. The van der Waals surface area contributed by atoms with Crippen molar-refractivity contribution in [3.05, 3.63) is 35.9 Å². The molecule has 1 aromatic carbocycles. The molecule has 1 aliphatic carbocycles. The fraction of sp³-hybridized carbons (Fsp3) is 0.538. The zero-order chi connectivity index (χ0) is 9.43. The second-order valence-corrected chi connectivity index (χ2v) is 4.79. The lowest BCUT2D eigenvalue weighted by Crippen LogP contribution is -2.40. The summed E-state index contributed by atoms with van der Waals surface area (Å²) in [4.78, 5) is 0. The third-order valence-electron chi connectivity index (χ3n) is 4.15. The quantitative estimate of drug-likeness (QED) is 0.712. The van der Waals surface area contributed by atoms with Crippen molar-refractivity contribution in [3.63, 3.8) is 0 Å². The van der Waals surface area contributed by atoms with Gasteiger partial charge in [0.05, 0.1) is 0 Å². The molecule has 1 spiro atoms. The molecule has 1 aliphatic heterocycles. The zero-order valence-corrected chi connectivity index (χ0v) is 8.50. The molecule has 1 saturated heterocycles. The van der Waals surface area contributed by atoms with Crippen LogP contribution in [0.4, 0.5) is 0 Å². The lowest BCUT2D eigenvalue weighted by atomic mass is 9.57. The summed E-state index contributed by atoms with van der Waals surface area (Å²) in [7, 11) is 0. The molecule has 3 rings (SSSR count). The van der Waals surface area contributed by atoms with Crippen molar-refractivity contribution in [2.75, 3.05) is 13.1 Å². The molecule has 0 amide bonds. The molecule has 1 nitrogen and oxygen atoms in total. The second kappa shape index (κ2) is 3.09. The summed E-state index contributed by atoms with van der Waals surface area (Å²) in [5.74, 6) is 0.832. The number of nitrogens with one attached hydrogen (secondary N) is 1. The van der Waals surface area contributed by atoms with E-state index in [1.54, 1.807) is 5.56 Å². The van der Waals surface area contributed by atoms with Gasteiger partial charge in [0, 0.05) is 6.54 Å². The Bertz CT molecular complexity index is 311. The van der Waals surface area contributed by atoms with E-state index in [0.29, 0.717) is 5.41 Å². The van der Waals surface area contributed by atoms with Crippen LogP contribution < -0.4 is 5.32 Å². The van der Waals surface area contributed by atoms with Crippen LogP contribution in [0.2, 0.25) is 0 Å². The Balaban J connectivity index is 1.87. The molecular weight excluding hydrogens is 170 g/mol. The van der Waals surface area contributed by atoms with Crippen LogP contribution in [0.5, 0.6) is 0 Å². The SMILES string of the molecule is c1ccc(C2CCC23CCNC3)cc1. The van der Waals surface area contributed by atoms with E-state index in [1.165, 1.54) is 32.4 Å². The lowest BCUT2D eigenvalue weighted by molar-refractivity contribution is 0.115. The first-order valence-electron chi connectivity index (χ1n) is 5.66. The summed E-state index contributed by atoms with van der Waals surface area (Å²) < 4.78 is 0. The number of hydrogen-bond donors (Lipinski definition) is 1. The minimum Gasteiger partial charge on any atom is -0.316 e. The molecule has 1 heterocycles. The summed E-state index contributed by atoms with van der Waals surface area (Å²) in [5, 5.41) is 3.51. The predicted molar refractivity (Wildman–Crippen MR) is 58.3 cm³/mol. The molecule has 2 aliphatic rings. The maximum Gasteiger partial charge on any atom is 0.00142 e. The first-order chi connectivity index (χ1) is 6.91. The highest BCUT2D eigenvalue weighted by molar-refractivity contribution is 5.26. The number of benzene rings is 1. The molecule has 0 bridgehead atoms. The number of rotatable bonds is 1. The molecule has 1 heteroatoms. The largest absolute Gasteiger partial charge is 0.316 e. The van der Waals surface area contributed by atoms with E-state index in [-0.39, 0.29) is 0 Å². The Hall–Kier alpha value is -0.820. The number of hydrogen-bond acceptors (Lipinski definition) is 1. The fourth-order valence-corrected chi connectivity index (χ4v) is 3.18. The first-order valence-corrected chi connectivity index (χ1v) is 5.66. The van der Waals surface area contributed by atoms with Crippen LogP contribution in [0.15, 0.2) is 30.3 Å². The van der Waals surface area contributed by atoms with Gasteiger partial charge in [-0.25, -0.2) is 0 Å². The Labute approximate surface area is 85.5 Å². The van der Waals surface area contributed by atoms with Crippen LogP contribution in [-0.2, 0) is 0 Å². The molecule has 1 aromatic rings. The predicted octanol–water partition coefficient (Wildman–Crippen LogP) is 2.54. The van der Waals surface area contributed by atoms with Crippen molar-refractivity contribution in [3.8, 4) is 0 Å². The minimum absolute atomic E-state index is 0.626. The summed E-state index contributed by atoms with van der Waals surface area (Å²) >= 11 is 0. The fourth-order valence-electron chi connectivity index (χ4n) is 3.18. The molecule has 14 heavy (non-hydrogen) atoms. The highest BCUT2D eigenvalue weighted by atomic mass is 14.9. The van der Waals surface area contributed by atoms with Gasteiger partial charge in [0.15, 0.2) is 0 Å². The van der Waals surface area contributed by atoms with Crippen molar-refractivity contribution < 1.29 is 0 Å². The average molecular weight is 187 g/mol. The van der Waals surface area contributed by atoms with Gasteiger partial charge in [-0.3, -0.25) is 0 Å². The first kappa shape index (κ1) is 8.49. The van der Waals surface area contributed by atoms with Crippen LogP contribution in [-0.4, -0.2) is 13.1 Å². The molecule has 74 valence electrons. The van der Waals surface area contributed by atoms with E-state index in [4.69, 9.17) is 0 Å². The molecule has 2 fully saturated rings. The van der Waals surface area contributed by atoms with E-state index in [9.17, 15) is 0 Å². The van der Waals surface area contributed by atoms with Gasteiger partial charge in [-0.2, -0.15) is 0 Å². The van der Waals surface area contributed by atoms with E-state index in [0.717, 1.165) is 5.92 Å².